The molecular weight excluding hydrogens is 388 g/mol. The molecule has 0 unspecified atom stereocenters. The third-order valence-corrected chi connectivity index (χ3v) is 4.77. The van der Waals surface area contributed by atoms with E-state index in [1.54, 1.807) is 31.4 Å². The molecule has 31 heavy (non-hydrogen) atoms. The van der Waals surface area contributed by atoms with Gasteiger partial charge in [-0.05, 0) is 37.3 Å². The highest BCUT2D eigenvalue weighted by Crippen LogP contribution is 2.25. The topological polar surface area (TPSA) is 76.1 Å². The molecule has 4 rings (SSSR count). The van der Waals surface area contributed by atoms with Gasteiger partial charge in [-0.1, -0.05) is 48.0 Å². The van der Waals surface area contributed by atoms with Crippen LogP contribution in [0.1, 0.15) is 15.9 Å². The van der Waals surface area contributed by atoms with E-state index in [0.29, 0.717) is 22.8 Å². The van der Waals surface area contributed by atoms with Gasteiger partial charge in [0.15, 0.2) is 0 Å². The quantitative estimate of drug-likeness (QED) is 0.442. The molecule has 2 N–H and O–H groups in total. The van der Waals surface area contributed by atoms with Gasteiger partial charge in [0.1, 0.15) is 17.9 Å². The van der Waals surface area contributed by atoms with Gasteiger partial charge in [0, 0.05) is 22.9 Å². The lowest BCUT2D eigenvalue weighted by atomic mass is 10.1. The number of nitrogens with one attached hydrogen (secondary N) is 2. The molecule has 0 aliphatic heterocycles. The summed E-state index contributed by atoms with van der Waals surface area (Å²) in [5.74, 6) is 1.03. The van der Waals surface area contributed by atoms with Crippen molar-refractivity contribution >= 4 is 23.1 Å². The monoisotopic (exact) mass is 410 g/mol. The standard InChI is InChI=1S/C25H22N4O2/c1-17-10-12-18(13-11-17)22-15-24(27-16-26-22)28-20-7-5-6-19(14-20)25(30)29-21-8-3-4-9-23(21)31-2/h3-16H,1-2H3,(H,29,30)(H,26,27,28). The first kappa shape index (κ1) is 20.1. The largest absolute Gasteiger partial charge is 0.495 e. The van der Waals surface area contributed by atoms with Crippen molar-refractivity contribution in [3.63, 3.8) is 0 Å². The van der Waals surface area contributed by atoms with Gasteiger partial charge in [-0.25, -0.2) is 9.97 Å². The van der Waals surface area contributed by atoms with E-state index in [1.165, 1.54) is 11.9 Å². The molecule has 0 aliphatic rings. The Hall–Kier alpha value is -4.19. The van der Waals surface area contributed by atoms with Crippen LogP contribution in [0.2, 0.25) is 0 Å². The number of rotatable bonds is 6. The van der Waals surface area contributed by atoms with Gasteiger partial charge in [-0.15, -0.1) is 0 Å². The molecule has 6 nitrogen and oxygen atoms in total. The van der Waals surface area contributed by atoms with Crippen LogP contribution in [-0.4, -0.2) is 23.0 Å². The summed E-state index contributed by atoms with van der Waals surface area (Å²) in [6, 6.07) is 24.6. The number of benzene rings is 3. The van der Waals surface area contributed by atoms with Gasteiger partial charge >= 0.3 is 0 Å². The van der Waals surface area contributed by atoms with E-state index in [1.807, 2.05) is 61.5 Å². The predicted molar refractivity (Wildman–Crippen MR) is 123 cm³/mol. The first-order chi connectivity index (χ1) is 15.1. The highest BCUT2D eigenvalue weighted by atomic mass is 16.5. The minimum atomic E-state index is -0.226. The number of aromatic nitrogens is 2. The van der Waals surface area contributed by atoms with Crippen LogP contribution in [0.3, 0.4) is 0 Å². The molecule has 1 aromatic heterocycles. The zero-order chi connectivity index (χ0) is 21.6. The Morgan fingerprint density at radius 2 is 1.71 bits per heavy atom. The molecule has 4 aromatic rings. The number of nitrogens with zero attached hydrogens (tertiary/aromatic N) is 2. The second-order valence-corrected chi connectivity index (χ2v) is 7.01. The molecule has 0 spiro atoms. The van der Waals surface area contributed by atoms with Gasteiger partial charge in [-0.2, -0.15) is 0 Å². The minimum absolute atomic E-state index is 0.226. The van der Waals surface area contributed by atoms with Crippen LogP contribution in [0.4, 0.5) is 17.2 Å². The van der Waals surface area contributed by atoms with Crippen LogP contribution in [0, 0.1) is 6.92 Å². The van der Waals surface area contributed by atoms with Gasteiger partial charge in [0.05, 0.1) is 18.5 Å². The molecule has 154 valence electrons. The van der Waals surface area contributed by atoms with Crippen molar-refractivity contribution in [3.05, 3.63) is 96.3 Å². The lowest BCUT2D eigenvalue weighted by Crippen LogP contribution is -2.12. The second-order valence-electron chi connectivity index (χ2n) is 7.01. The lowest BCUT2D eigenvalue weighted by molar-refractivity contribution is 0.102. The van der Waals surface area contributed by atoms with Crippen molar-refractivity contribution in [2.75, 3.05) is 17.7 Å². The van der Waals surface area contributed by atoms with Crippen LogP contribution in [0.15, 0.2) is 85.2 Å². The number of para-hydroxylation sites is 2. The van der Waals surface area contributed by atoms with Crippen molar-refractivity contribution in [1.82, 2.24) is 9.97 Å². The van der Waals surface area contributed by atoms with Crippen molar-refractivity contribution in [2.24, 2.45) is 0 Å². The Morgan fingerprint density at radius 1 is 0.903 bits per heavy atom. The number of carbonyl (C=O) groups is 1. The van der Waals surface area contributed by atoms with Crippen molar-refractivity contribution < 1.29 is 9.53 Å². The Labute approximate surface area is 181 Å². The molecule has 3 aromatic carbocycles. The van der Waals surface area contributed by atoms with Crippen LogP contribution in [-0.2, 0) is 0 Å². The normalized spacial score (nSPS) is 10.4. The summed E-state index contributed by atoms with van der Waals surface area (Å²) in [4.78, 5) is 21.4. The summed E-state index contributed by atoms with van der Waals surface area (Å²) in [5, 5.41) is 6.14. The van der Waals surface area contributed by atoms with E-state index >= 15 is 0 Å². The molecular formula is C25H22N4O2. The van der Waals surface area contributed by atoms with E-state index in [9.17, 15) is 4.79 Å². The number of hydrogen-bond donors (Lipinski definition) is 2. The SMILES string of the molecule is COc1ccccc1NC(=O)c1cccc(Nc2cc(-c3ccc(C)cc3)ncn2)c1. The lowest BCUT2D eigenvalue weighted by Gasteiger charge is -2.11. The molecule has 1 amide bonds. The number of methoxy groups -OCH3 is 1. The van der Waals surface area contributed by atoms with Gasteiger partial charge < -0.3 is 15.4 Å². The average Bonchev–Trinajstić information content (AvgIpc) is 2.80. The summed E-state index contributed by atoms with van der Waals surface area (Å²) in [6.07, 6.45) is 1.52. The number of carbonyl (C=O) groups excluding carboxylic acids is 1. The summed E-state index contributed by atoms with van der Waals surface area (Å²) in [6.45, 7) is 2.05. The number of aryl methyl sites for hydroxylation is 1. The molecule has 0 atom stereocenters. The first-order valence-corrected chi connectivity index (χ1v) is 9.83. The predicted octanol–water partition coefficient (Wildman–Crippen LogP) is 5.46. The zero-order valence-corrected chi connectivity index (χ0v) is 17.3. The fourth-order valence-electron chi connectivity index (χ4n) is 3.14. The van der Waals surface area contributed by atoms with E-state index in [0.717, 1.165) is 16.9 Å². The summed E-state index contributed by atoms with van der Waals surface area (Å²) < 4.78 is 5.30. The third-order valence-electron chi connectivity index (χ3n) is 4.77. The Morgan fingerprint density at radius 3 is 2.52 bits per heavy atom. The molecule has 6 heteroatoms. The maximum absolute atomic E-state index is 12.7. The fourth-order valence-corrected chi connectivity index (χ4v) is 3.14. The zero-order valence-electron chi connectivity index (χ0n) is 17.3. The van der Waals surface area contributed by atoms with Crippen molar-refractivity contribution in [2.45, 2.75) is 6.92 Å². The maximum atomic E-state index is 12.7. The number of hydrogen-bond acceptors (Lipinski definition) is 5. The van der Waals surface area contributed by atoms with Gasteiger partial charge in [0.25, 0.3) is 5.91 Å². The Bertz CT molecular complexity index is 1210. The molecule has 0 fully saturated rings. The average molecular weight is 410 g/mol. The molecule has 0 bridgehead atoms. The minimum Gasteiger partial charge on any atom is -0.495 e. The number of amides is 1. The highest BCUT2D eigenvalue weighted by molar-refractivity contribution is 6.05. The van der Waals surface area contributed by atoms with Crippen LogP contribution >= 0.6 is 0 Å². The maximum Gasteiger partial charge on any atom is 0.255 e. The van der Waals surface area contributed by atoms with Crippen LogP contribution in [0.5, 0.6) is 5.75 Å². The van der Waals surface area contributed by atoms with Gasteiger partial charge in [0.2, 0.25) is 0 Å². The van der Waals surface area contributed by atoms with Crippen molar-refractivity contribution in [1.29, 1.82) is 0 Å². The smallest absolute Gasteiger partial charge is 0.255 e. The van der Waals surface area contributed by atoms with E-state index < -0.39 is 0 Å². The summed E-state index contributed by atoms with van der Waals surface area (Å²) in [5.41, 5.74) is 4.92. The van der Waals surface area contributed by atoms with Crippen molar-refractivity contribution in [3.8, 4) is 17.0 Å². The van der Waals surface area contributed by atoms with Gasteiger partial charge in [-0.3, -0.25) is 4.79 Å². The third kappa shape index (κ3) is 4.87. The first-order valence-electron chi connectivity index (χ1n) is 9.83. The molecule has 0 saturated carbocycles. The van der Waals surface area contributed by atoms with E-state index in [2.05, 4.69) is 20.6 Å². The van der Waals surface area contributed by atoms with E-state index in [-0.39, 0.29) is 5.91 Å². The number of anilines is 3. The molecule has 0 aliphatic carbocycles. The highest BCUT2D eigenvalue weighted by Gasteiger charge is 2.10. The Balaban J connectivity index is 1.52. The second kappa shape index (κ2) is 9.09. The summed E-state index contributed by atoms with van der Waals surface area (Å²) in [7, 11) is 1.57. The fraction of sp³-hybridized carbons (Fsp3) is 0.0800. The molecule has 0 radical (unpaired) electrons. The Kier molecular flexibility index (Phi) is 5.89. The van der Waals surface area contributed by atoms with Crippen LogP contribution in [0.25, 0.3) is 11.3 Å². The van der Waals surface area contributed by atoms with Crippen LogP contribution < -0.4 is 15.4 Å². The molecule has 1 heterocycles. The number of ether oxygens (including phenoxy) is 1. The van der Waals surface area contributed by atoms with E-state index in [4.69, 9.17) is 4.74 Å². The molecule has 0 saturated heterocycles. The summed E-state index contributed by atoms with van der Waals surface area (Å²) >= 11 is 0.